The molecule has 2 heterocycles. The second kappa shape index (κ2) is 10.2. The summed E-state index contributed by atoms with van der Waals surface area (Å²) in [5, 5.41) is 10.4. The van der Waals surface area contributed by atoms with Crippen molar-refractivity contribution >= 4 is 16.7 Å². The summed E-state index contributed by atoms with van der Waals surface area (Å²) in [6.07, 6.45) is 5.11. The molecule has 0 unspecified atom stereocenters. The number of benzene rings is 2. The predicted octanol–water partition coefficient (Wildman–Crippen LogP) is 4.50. The number of anilines is 1. The molecule has 7 nitrogen and oxygen atoms in total. The maximum atomic E-state index is 13.0. The van der Waals surface area contributed by atoms with Crippen LogP contribution in [-0.4, -0.2) is 57.5 Å². The van der Waals surface area contributed by atoms with Crippen molar-refractivity contribution in [2.45, 2.75) is 25.7 Å². The van der Waals surface area contributed by atoms with Gasteiger partial charge in [0.25, 0.3) is 0 Å². The minimum Gasteiger partial charge on any atom is -0.504 e. The van der Waals surface area contributed by atoms with Crippen molar-refractivity contribution in [3.63, 3.8) is 0 Å². The third-order valence-electron chi connectivity index (χ3n) is 6.35. The van der Waals surface area contributed by atoms with Crippen LogP contribution in [0.15, 0.2) is 45.6 Å². The van der Waals surface area contributed by atoms with Gasteiger partial charge in [0.1, 0.15) is 0 Å². The van der Waals surface area contributed by atoms with Gasteiger partial charge in [-0.3, -0.25) is 4.79 Å². The average molecular weight is 453 g/mol. The number of fused-ring (bicyclic) bond motifs is 1. The summed E-state index contributed by atoms with van der Waals surface area (Å²) < 4.78 is 16.7. The van der Waals surface area contributed by atoms with Gasteiger partial charge in [0, 0.05) is 24.8 Å². The minimum absolute atomic E-state index is 0.0919. The minimum atomic E-state index is -0.314. The fourth-order valence-electron chi connectivity index (χ4n) is 4.49. The Morgan fingerprint density at radius 3 is 2.36 bits per heavy atom. The smallest absolute Gasteiger partial charge is 0.235 e. The summed E-state index contributed by atoms with van der Waals surface area (Å²) in [5.41, 5.74) is 1.68. The molecule has 0 spiro atoms. The number of hydrogen-bond acceptors (Lipinski definition) is 7. The lowest BCUT2D eigenvalue weighted by atomic mass is 10.1. The van der Waals surface area contributed by atoms with Gasteiger partial charge in [0.15, 0.2) is 17.1 Å². The molecule has 0 aliphatic carbocycles. The van der Waals surface area contributed by atoms with Gasteiger partial charge in [0.2, 0.25) is 16.9 Å². The molecule has 0 amide bonds. The molecule has 1 N–H and O–H groups in total. The number of hydrogen-bond donors (Lipinski definition) is 1. The van der Waals surface area contributed by atoms with Crippen LogP contribution in [0.25, 0.3) is 22.3 Å². The number of likely N-dealkylation sites (tertiary alicyclic amines) is 1. The molecule has 176 valence electrons. The molecule has 3 aromatic rings. The first-order valence-corrected chi connectivity index (χ1v) is 11.5. The first kappa shape index (κ1) is 23.0. The van der Waals surface area contributed by atoms with Gasteiger partial charge in [-0.05, 0) is 75.3 Å². The molecule has 4 rings (SSSR count). The summed E-state index contributed by atoms with van der Waals surface area (Å²) in [7, 11) is 4.97. The summed E-state index contributed by atoms with van der Waals surface area (Å²) in [5.74, 6) is 0.459. The molecule has 33 heavy (non-hydrogen) atoms. The Bertz CT molecular complexity index is 1150. The van der Waals surface area contributed by atoms with E-state index in [1.807, 2.05) is 24.3 Å². The van der Waals surface area contributed by atoms with Crippen LogP contribution in [0.3, 0.4) is 0 Å². The summed E-state index contributed by atoms with van der Waals surface area (Å²) >= 11 is 0. The van der Waals surface area contributed by atoms with Crippen LogP contribution in [-0.2, 0) is 0 Å². The van der Waals surface area contributed by atoms with E-state index in [9.17, 15) is 9.90 Å². The molecule has 1 aliphatic heterocycles. The zero-order chi connectivity index (χ0) is 23.4. The fourth-order valence-corrected chi connectivity index (χ4v) is 4.49. The largest absolute Gasteiger partial charge is 0.504 e. The topological polar surface area (TPSA) is 75.4 Å². The van der Waals surface area contributed by atoms with E-state index in [1.165, 1.54) is 58.7 Å². The van der Waals surface area contributed by atoms with Crippen LogP contribution < -0.4 is 19.8 Å². The van der Waals surface area contributed by atoms with Crippen molar-refractivity contribution in [1.82, 2.24) is 4.90 Å². The molecular weight excluding hydrogens is 420 g/mol. The molecule has 0 atom stereocenters. The van der Waals surface area contributed by atoms with Crippen molar-refractivity contribution in [3.8, 4) is 28.6 Å². The average Bonchev–Trinajstić information content (AvgIpc) is 2.84. The zero-order valence-corrected chi connectivity index (χ0v) is 19.6. The van der Waals surface area contributed by atoms with Crippen molar-refractivity contribution < 1.29 is 19.0 Å². The van der Waals surface area contributed by atoms with E-state index in [2.05, 4.69) is 16.8 Å². The molecule has 0 bridgehead atoms. The second-order valence-corrected chi connectivity index (χ2v) is 8.51. The van der Waals surface area contributed by atoms with Crippen LogP contribution in [0.1, 0.15) is 25.7 Å². The Kier molecular flexibility index (Phi) is 7.08. The molecule has 7 heteroatoms. The van der Waals surface area contributed by atoms with Gasteiger partial charge >= 0.3 is 0 Å². The molecule has 1 saturated heterocycles. The zero-order valence-electron chi connectivity index (χ0n) is 19.6. The van der Waals surface area contributed by atoms with Crippen molar-refractivity contribution in [1.29, 1.82) is 0 Å². The lowest BCUT2D eigenvalue weighted by Crippen LogP contribution is -2.32. The van der Waals surface area contributed by atoms with Crippen molar-refractivity contribution in [2.75, 3.05) is 52.3 Å². The lowest BCUT2D eigenvalue weighted by molar-refractivity contribution is 0.227. The number of rotatable bonds is 8. The number of phenols is 1. The highest BCUT2D eigenvalue weighted by Crippen LogP contribution is 2.38. The molecule has 0 radical (unpaired) electrons. The Morgan fingerprint density at radius 2 is 1.70 bits per heavy atom. The van der Waals surface area contributed by atoms with Gasteiger partial charge in [0.05, 0.1) is 19.6 Å². The van der Waals surface area contributed by atoms with Crippen LogP contribution in [0.2, 0.25) is 0 Å². The molecule has 1 fully saturated rings. The number of nitrogens with zero attached hydrogens (tertiary/aromatic N) is 2. The van der Waals surface area contributed by atoms with Crippen LogP contribution in [0.4, 0.5) is 5.69 Å². The van der Waals surface area contributed by atoms with Crippen molar-refractivity contribution in [2.24, 2.45) is 0 Å². The number of ether oxygens (including phenoxy) is 2. The van der Waals surface area contributed by atoms with Crippen LogP contribution in [0.5, 0.6) is 17.2 Å². The highest BCUT2D eigenvalue weighted by atomic mass is 16.5. The maximum absolute atomic E-state index is 13.0. The summed E-state index contributed by atoms with van der Waals surface area (Å²) in [4.78, 5) is 17.8. The van der Waals surface area contributed by atoms with Gasteiger partial charge in [-0.15, -0.1) is 0 Å². The van der Waals surface area contributed by atoms with E-state index in [-0.39, 0.29) is 33.6 Å². The first-order chi connectivity index (χ1) is 16.0. The Morgan fingerprint density at radius 1 is 1.00 bits per heavy atom. The molecule has 1 aromatic heterocycles. The van der Waals surface area contributed by atoms with Crippen LogP contribution >= 0.6 is 0 Å². The van der Waals surface area contributed by atoms with E-state index < -0.39 is 0 Å². The van der Waals surface area contributed by atoms with Gasteiger partial charge in [-0.25, -0.2) is 0 Å². The lowest BCUT2D eigenvalue weighted by Gasteiger charge is -2.27. The highest BCUT2D eigenvalue weighted by molar-refractivity contribution is 5.88. The molecule has 1 aliphatic rings. The van der Waals surface area contributed by atoms with Gasteiger partial charge in [-0.2, -0.15) is 0 Å². The SMILES string of the molecule is COc1c(-c2ccc(N(C)CCCN3CCCCC3)cc2)oc2c(OC)c(O)ccc2c1=O. The van der Waals surface area contributed by atoms with E-state index in [0.717, 1.165) is 25.2 Å². The van der Waals surface area contributed by atoms with E-state index >= 15 is 0 Å². The standard InChI is InChI=1S/C26H32N2O5/c1-27(14-7-17-28-15-5-4-6-16-28)19-10-8-18(9-11-19)23-26(32-3)22(30)20-12-13-21(29)25(31-2)24(20)33-23/h8-13,29H,4-7,14-17H2,1-3H3. The molecule has 0 saturated carbocycles. The summed E-state index contributed by atoms with van der Waals surface area (Å²) in [6.45, 7) is 4.55. The maximum Gasteiger partial charge on any atom is 0.235 e. The third-order valence-corrected chi connectivity index (χ3v) is 6.35. The number of piperidine rings is 1. The molecular formula is C26H32N2O5. The predicted molar refractivity (Wildman–Crippen MR) is 131 cm³/mol. The Labute approximate surface area is 194 Å². The Hall–Kier alpha value is -3.19. The number of phenolic OH excluding ortho intramolecular Hbond substituents is 1. The van der Waals surface area contributed by atoms with Gasteiger partial charge < -0.3 is 28.8 Å². The third kappa shape index (κ3) is 4.78. The molecule has 2 aromatic carbocycles. The second-order valence-electron chi connectivity index (χ2n) is 8.51. The van der Waals surface area contributed by atoms with Crippen molar-refractivity contribution in [3.05, 3.63) is 46.6 Å². The van der Waals surface area contributed by atoms with E-state index in [4.69, 9.17) is 13.9 Å². The van der Waals surface area contributed by atoms with E-state index in [1.54, 1.807) is 0 Å². The van der Waals surface area contributed by atoms with E-state index in [0.29, 0.717) is 11.3 Å². The highest BCUT2D eigenvalue weighted by Gasteiger charge is 2.21. The quantitative estimate of drug-likeness (QED) is 0.539. The number of methoxy groups -OCH3 is 2. The van der Waals surface area contributed by atoms with Crippen LogP contribution in [0, 0.1) is 0 Å². The summed E-state index contributed by atoms with van der Waals surface area (Å²) in [6, 6.07) is 10.8. The fraction of sp³-hybridized carbons (Fsp3) is 0.423. The number of aromatic hydroxyl groups is 1. The first-order valence-electron chi connectivity index (χ1n) is 11.5. The normalized spacial score (nSPS) is 14.4. The Balaban J connectivity index is 1.56. The monoisotopic (exact) mass is 452 g/mol. The van der Waals surface area contributed by atoms with Gasteiger partial charge in [-0.1, -0.05) is 6.42 Å².